The summed E-state index contributed by atoms with van der Waals surface area (Å²) in [4.78, 5) is 0. The van der Waals surface area contributed by atoms with Crippen LogP contribution in [0.2, 0.25) is 0 Å². The molecule has 0 bridgehead atoms. The number of hydrogen-bond acceptors (Lipinski definition) is 5. The molecule has 7 heteroatoms. The van der Waals surface area contributed by atoms with E-state index < -0.39 is 10.0 Å². The van der Waals surface area contributed by atoms with E-state index in [9.17, 15) is 8.42 Å². The summed E-state index contributed by atoms with van der Waals surface area (Å²) < 4.78 is 41.5. The minimum absolute atomic E-state index is 0.202. The summed E-state index contributed by atoms with van der Waals surface area (Å²) >= 11 is 0. The van der Waals surface area contributed by atoms with Gasteiger partial charge in [0.2, 0.25) is 10.0 Å². The summed E-state index contributed by atoms with van der Waals surface area (Å²) in [6, 6.07) is 11.4. The lowest BCUT2D eigenvalue weighted by molar-refractivity contribution is 0.0857. The molecule has 2 fully saturated rings. The minimum Gasteiger partial charge on any atom is -0.496 e. The molecule has 3 aliphatic rings. The Morgan fingerprint density at radius 2 is 2.11 bits per heavy atom. The standard InChI is InChI=1S/C21H23NO5S/c1-25-16-5-4-6-17-19(16)14-9-8-13(12-28(22,23)24)11-15(14)20(26-17)21-10-3-2-7-18(21)27-21/h4-6,8-9,11,18,20H,2-3,7,10,12H2,1H3,(H2,22,23,24). The molecule has 0 radical (unpaired) electrons. The summed E-state index contributed by atoms with van der Waals surface area (Å²) in [6.45, 7) is 0. The highest BCUT2D eigenvalue weighted by atomic mass is 32.2. The predicted molar refractivity (Wildman–Crippen MR) is 105 cm³/mol. The molecule has 1 saturated heterocycles. The molecule has 2 aromatic carbocycles. The van der Waals surface area contributed by atoms with Crippen molar-refractivity contribution in [2.24, 2.45) is 5.14 Å². The number of methoxy groups -OCH3 is 1. The van der Waals surface area contributed by atoms with Crippen LogP contribution in [0.1, 0.15) is 42.9 Å². The second-order valence-corrected chi connectivity index (χ2v) is 9.48. The van der Waals surface area contributed by atoms with Crippen molar-refractivity contribution in [3.05, 3.63) is 47.5 Å². The summed E-state index contributed by atoms with van der Waals surface area (Å²) in [7, 11) is -1.99. The van der Waals surface area contributed by atoms with Crippen LogP contribution in [0, 0.1) is 0 Å². The van der Waals surface area contributed by atoms with Crippen LogP contribution in [-0.2, 0) is 20.5 Å². The number of epoxide rings is 1. The number of primary sulfonamides is 1. The maximum atomic E-state index is 11.6. The van der Waals surface area contributed by atoms with Gasteiger partial charge in [0, 0.05) is 5.56 Å². The van der Waals surface area contributed by atoms with Crippen LogP contribution < -0.4 is 14.6 Å². The van der Waals surface area contributed by atoms with Gasteiger partial charge in [-0.2, -0.15) is 0 Å². The van der Waals surface area contributed by atoms with Gasteiger partial charge in [0.05, 0.1) is 24.5 Å². The Labute approximate surface area is 164 Å². The number of rotatable bonds is 4. The minimum atomic E-state index is -3.62. The van der Waals surface area contributed by atoms with Crippen molar-refractivity contribution in [2.75, 3.05) is 7.11 Å². The number of ether oxygens (including phenoxy) is 3. The van der Waals surface area contributed by atoms with Gasteiger partial charge >= 0.3 is 0 Å². The van der Waals surface area contributed by atoms with Crippen LogP contribution in [0.3, 0.4) is 0 Å². The Hall–Kier alpha value is -2.09. The van der Waals surface area contributed by atoms with Gasteiger partial charge in [-0.15, -0.1) is 0 Å². The van der Waals surface area contributed by atoms with E-state index in [0.717, 1.165) is 47.5 Å². The fourth-order valence-corrected chi connectivity index (χ4v) is 5.47. The molecule has 2 N–H and O–H groups in total. The summed E-state index contributed by atoms with van der Waals surface area (Å²) in [5.74, 6) is 1.29. The maximum absolute atomic E-state index is 11.6. The molecule has 0 amide bonds. The third-order valence-corrected chi connectivity index (χ3v) is 6.80. The van der Waals surface area contributed by atoms with Crippen molar-refractivity contribution in [2.45, 2.75) is 49.2 Å². The molecule has 2 aromatic rings. The Bertz CT molecular complexity index is 1050. The third-order valence-electron chi connectivity index (χ3n) is 6.07. The maximum Gasteiger partial charge on any atom is 0.213 e. The molecule has 3 unspecified atom stereocenters. The highest BCUT2D eigenvalue weighted by Gasteiger charge is 2.64. The lowest BCUT2D eigenvalue weighted by atomic mass is 9.78. The van der Waals surface area contributed by atoms with E-state index in [1.807, 2.05) is 36.4 Å². The number of nitrogens with two attached hydrogens (primary N) is 1. The van der Waals surface area contributed by atoms with Crippen molar-refractivity contribution in [3.63, 3.8) is 0 Å². The van der Waals surface area contributed by atoms with Crippen molar-refractivity contribution < 1.29 is 22.6 Å². The smallest absolute Gasteiger partial charge is 0.213 e. The zero-order valence-electron chi connectivity index (χ0n) is 15.7. The van der Waals surface area contributed by atoms with Gasteiger partial charge in [0.15, 0.2) is 6.10 Å². The van der Waals surface area contributed by atoms with E-state index in [0.29, 0.717) is 5.56 Å². The number of sulfonamides is 1. The fraction of sp³-hybridized carbons (Fsp3) is 0.429. The first kappa shape index (κ1) is 18.0. The normalized spacial score (nSPS) is 27.8. The molecule has 3 atom stereocenters. The van der Waals surface area contributed by atoms with Gasteiger partial charge in [-0.1, -0.05) is 37.1 Å². The molecule has 28 heavy (non-hydrogen) atoms. The zero-order valence-corrected chi connectivity index (χ0v) is 16.5. The molecule has 1 saturated carbocycles. The van der Waals surface area contributed by atoms with Crippen molar-refractivity contribution in [3.8, 4) is 22.6 Å². The molecule has 0 aromatic heterocycles. The summed E-state index contributed by atoms with van der Waals surface area (Å²) in [6.07, 6.45) is 4.19. The van der Waals surface area contributed by atoms with Crippen LogP contribution in [0.25, 0.3) is 11.1 Å². The molecule has 1 aliphatic carbocycles. The topological polar surface area (TPSA) is 91.2 Å². The zero-order chi connectivity index (χ0) is 19.5. The van der Waals surface area contributed by atoms with Crippen molar-refractivity contribution >= 4 is 10.0 Å². The molecule has 2 aliphatic heterocycles. The van der Waals surface area contributed by atoms with Crippen LogP contribution >= 0.6 is 0 Å². The largest absolute Gasteiger partial charge is 0.496 e. The second-order valence-electron chi connectivity index (χ2n) is 7.87. The Morgan fingerprint density at radius 3 is 2.86 bits per heavy atom. The average molecular weight is 401 g/mol. The highest BCUT2D eigenvalue weighted by molar-refractivity contribution is 7.88. The lowest BCUT2D eigenvalue weighted by Crippen LogP contribution is -2.34. The van der Waals surface area contributed by atoms with E-state index in [2.05, 4.69) is 0 Å². The molecule has 6 nitrogen and oxygen atoms in total. The van der Waals surface area contributed by atoms with Gasteiger partial charge in [0.1, 0.15) is 17.1 Å². The first-order valence-electron chi connectivity index (χ1n) is 9.56. The average Bonchev–Trinajstić information content (AvgIpc) is 3.41. The Balaban J connectivity index is 1.67. The van der Waals surface area contributed by atoms with Crippen LogP contribution in [0.5, 0.6) is 11.5 Å². The molecular weight excluding hydrogens is 378 g/mol. The van der Waals surface area contributed by atoms with Crippen molar-refractivity contribution in [1.29, 1.82) is 0 Å². The first-order chi connectivity index (χ1) is 13.4. The summed E-state index contributed by atoms with van der Waals surface area (Å²) in [5.41, 5.74) is 3.16. The third kappa shape index (κ3) is 2.80. The molecule has 0 spiro atoms. The fourth-order valence-electron chi connectivity index (χ4n) is 4.82. The number of fused-ring (bicyclic) bond motifs is 4. The summed E-state index contributed by atoms with van der Waals surface area (Å²) in [5, 5.41) is 5.27. The van der Waals surface area contributed by atoms with E-state index in [1.165, 1.54) is 6.42 Å². The van der Waals surface area contributed by atoms with E-state index >= 15 is 0 Å². The van der Waals surface area contributed by atoms with Crippen LogP contribution in [0.4, 0.5) is 0 Å². The first-order valence-corrected chi connectivity index (χ1v) is 11.3. The van der Waals surface area contributed by atoms with Crippen LogP contribution in [0.15, 0.2) is 36.4 Å². The Kier molecular flexibility index (Phi) is 3.98. The van der Waals surface area contributed by atoms with Crippen molar-refractivity contribution in [1.82, 2.24) is 0 Å². The van der Waals surface area contributed by atoms with E-state index in [4.69, 9.17) is 19.3 Å². The Morgan fingerprint density at radius 1 is 1.25 bits per heavy atom. The van der Waals surface area contributed by atoms with Gasteiger partial charge in [-0.3, -0.25) is 0 Å². The van der Waals surface area contributed by atoms with Gasteiger partial charge in [-0.05, 0) is 36.1 Å². The lowest BCUT2D eigenvalue weighted by Gasteiger charge is -2.35. The number of benzene rings is 2. The quantitative estimate of drug-likeness (QED) is 0.794. The van der Waals surface area contributed by atoms with E-state index in [1.54, 1.807) is 7.11 Å². The second kappa shape index (κ2) is 6.20. The molecule has 5 rings (SSSR count). The number of hydrogen-bond donors (Lipinski definition) is 1. The SMILES string of the molecule is COc1cccc2c1-c1ccc(CS(N)(=O)=O)cc1C(C13CCCCC1O3)O2. The van der Waals surface area contributed by atoms with Crippen LogP contribution in [-0.4, -0.2) is 27.2 Å². The monoisotopic (exact) mass is 401 g/mol. The van der Waals surface area contributed by atoms with Gasteiger partial charge < -0.3 is 14.2 Å². The van der Waals surface area contributed by atoms with Gasteiger partial charge in [0.25, 0.3) is 0 Å². The van der Waals surface area contributed by atoms with Gasteiger partial charge in [-0.25, -0.2) is 13.6 Å². The van der Waals surface area contributed by atoms with E-state index in [-0.39, 0.29) is 23.6 Å². The molecule has 2 heterocycles. The highest BCUT2D eigenvalue weighted by Crippen LogP contribution is 2.60. The molecular formula is C21H23NO5S. The predicted octanol–water partition coefficient (Wildman–Crippen LogP) is 3.30. The molecule has 148 valence electrons.